The molecule has 1 unspecified atom stereocenters. The zero-order valence-electron chi connectivity index (χ0n) is 11.3. The minimum atomic E-state index is -0.766. The molecule has 0 amide bonds. The number of rotatable bonds is 4. The van der Waals surface area contributed by atoms with Crippen LogP contribution in [0, 0.1) is 5.41 Å². The quantitative estimate of drug-likeness (QED) is 0.890. The second-order valence-corrected chi connectivity index (χ2v) is 5.02. The molecule has 1 aromatic rings. The lowest BCUT2D eigenvalue weighted by molar-refractivity contribution is -0.148. The van der Waals surface area contributed by atoms with E-state index in [-0.39, 0.29) is 0 Å². The van der Waals surface area contributed by atoms with Gasteiger partial charge in [0.1, 0.15) is 0 Å². The van der Waals surface area contributed by atoms with Gasteiger partial charge in [0.05, 0.1) is 12.0 Å². The molecule has 1 aliphatic heterocycles. The van der Waals surface area contributed by atoms with Gasteiger partial charge in [0.2, 0.25) is 11.8 Å². The van der Waals surface area contributed by atoms with E-state index in [1.165, 1.54) is 0 Å². The summed E-state index contributed by atoms with van der Waals surface area (Å²) in [7, 11) is 0. The third-order valence-electron chi connectivity index (χ3n) is 3.41. The van der Waals surface area contributed by atoms with Crippen molar-refractivity contribution in [1.29, 1.82) is 0 Å². The van der Waals surface area contributed by atoms with Crippen LogP contribution in [0.1, 0.15) is 26.7 Å². The largest absolute Gasteiger partial charge is 0.481 e. The van der Waals surface area contributed by atoms with E-state index in [2.05, 4.69) is 9.97 Å². The van der Waals surface area contributed by atoms with Crippen LogP contribution >= 0.6 is 0 Å². The first kappa shape index (κ1) is 13.6. The molecule has 2 rings (SSSR count). The maximum atomic E-state index is 11.3. The maximum absolute atomic E-state index is 11.3. The molecule has 1 atom stereocenters. The molecule has 1 aromatic heterocycles. The van der Waals surface area contributed by atoms with E-state index >= 15 is 0 Å². The highest BCUT2D eigenvalue weighted by atomic mass is 16.5. The molecule has 0 radical (unpaired) electrons. The van der Waals surface area contributed by atoms with Gasteiger partial charge in [-0.2, -0.15) is 4.98 Å². The zero-order chi connectivity index (χ0) is 13.9. The molecule has 1 saturated heterocycles. The molecule has 0 aromatic carbocycles. The van der Waals surface area contributed by atoms with Crippen LogP contribution in [0.15, 0.2) is 12.3 Å². The topological polar surface area (TPSA) is 75.5 Å². The number of carbonyl (C=O) groups is 1. The van der Waals surface area contributed by atoms with Crippen LogP contribution in [0.2, 0.25) is 0 Å². The molecule has 0 bridgehead atoms. The Kier molecular flexibility index (Phi) is 3.87. The lowest BCUT2D eigenvalue weighted by atomic mass is 9.82. The van der Waals surface area contributed by atoms with Crippen molar-refractivity contribution in [2.45, 2.75) is 26.7 Å². The van der Waals surface area contributed by atoms with Crippen LogP contribution in [0.25, 0.3) is 0 Å². The Morgan fingerprint density at radius 2 is 2.42 bits per heavy atom. The highest BCUT2D eigenvalue weighted by Crippen LogP contribution is 2.31. The number of carboxylic acid groups (broad SMARTS) is 1. The summed E-state index contributed by atoms with van der Waals surface area (Å²) < 4.78 is 5.34. The Balaban J connectivity index is 2.17. The number of aliphatic carboxylic acids is 1. The molecule has 1 fully saturated rings. The Bertz CT molecular complexity index is 466. The van der Waals surface area contributed by atoms with E-state index in [9.17, 15) is 9.90 Å². The minimum absolute atomic E-state index is 0.428. The first-order valence-electron chi connectivity index (χ1n) is 6.49. The minimum Gasteiger partial charge on any atom is -0.481 e. The van der Waals surface area contributed by atoms with Crippen LogP contribution in [0.5, 0.6) is 5.88 Å². The molecule has 1 aliphatic rings. The summed E-state index contributed by atoms with van der Waals surface area (Å²) in [6, 6.07) is 1.70. The molecule has 104 valence electrons. The maximum Gasteiger partial charge on any atom is 0.311 e. The van der Waals surface area contributed by atoms with Crippen molar-refractivity contribution >= 4 is 11.9 Å². The van der Waals surface area contributed by atoms with E-state index in [1.54, 1.807) is 19.2 Å². The van der Waals surface area contributed by atoms with E-state index < -0.39 is 11.4 Å². The predicted molar refractivity (Wildman–Crippen MR) is 70.4 cm³/mol. The van der Waals surface area contributed by atoms with Gasteiger partial charge in [0.25, 0.3) is 0 Å². The molecule has 0 saturated carbocycles. The van der Waals surface area contributed by atoms with Crippen molar-refractivity contribution in [3.63, 3.8) is 0 Å². The summed E-state index contributed by atoms with van der Waals surface area (Å²) in [6.45, 7) is 5.41. The lowest BCUT2D eigenvalue weighted by Gasteiger charge is -2.37. The van der Waals surface area contributed by atoms with Gasteiger partial charge in [-0.05, 0) is 26.7 Å². The predicted octanol–water partition coefficient (Wildman–Crippen LogP) is 1.57. The van der Waals surface area contributed by atoms with Gasteiger partial charge < -0.3 is 14.7 Å². The van der Waals surface area contributed by atoms with Gasteiger partial charge in [0, 0.05) is 25.4 Å². The van der Waals surface area contributed by atoms with E-state index in [0.717, 1.165) is 13.0 Å². The summed E-state index contributed by atoms with van der Waals surface area (Å²) in [6.07, 6.45) is 3.15. The summed E-state index contributed by atoms with van der Waals surface area (Å²) in [5, 5.41) is 9.31. The molecular weight excluding hydrogens is 246 g/mol. The van der Waals surface area contributed by atoms with Gasteiger partial charge in [-0.3, -0.25) is 4.79 Å². The second kappa shape index (κ2) is 5.42. The van der Waals surface area contributed by atoms with E-state index in [0.29, 0.717) is 31.4 Å². The molecule has 2 heterocycles. The number of anilines is 1. The number of piperidine rings is 1. The fourth-order valence-electron chi connectivity index (χ4n) is 2.30. The van der Waals surface area contributed by atoms with Gasteiger partial charge in [0.15, 0.2) is 0 Å². The Morgan fingerprint density at radius 3 is 3.11 bits per heavy atom. The van der Waals surface area contributed by atoms with Gasteiger partial charge in [-0.25, -0.2) is 4.98 Å². The van der Waals surface area contributed by atoms with Crippen LogP contribution in [-0.4, -0.2) is 40.7 Å². The average molecular weight is 265 g/mol. The molecule has 6 nitrogen and oxygen atoms in total. The summed E-state index contributed by atoms with van der Waals surface area (Å²) >= 11 is 0. The molecule has 6 heteroatoms. The summed E-state index contributed by atoms with van der Waals surface area (Å²) in [5.74, 6) is 0.298. The van der Waals surface area contributed by atoms with Gasteiger partial charge in [-0.15, -0.1) is 0 Å². The Morgan fingerprint density at radius 1 is 1.63 bits per heavy atom. The lowest BCUT2D eigenvalue weighted by Crippen LogP contribution is -2.46. The van der Waals surface area contributed by atoms with Crippen LogP contribution in [-0.2, 0) is 4.79 Å². The molecule has 1 N–H and O–H groups in total. The molecular formula is C13H19N3O3. The van der Waals surface area contributed by atoms with Crippen molar-refractivity contribution < 1.29 is 14.6 Å². The Hall–Kier alpha value is -1.85. The smallest absolute Gasteiger partial charge is 0.311 e. The number of nitrogens with zero attached hydrogens (tertiary/aromatic N) is 3. The third kappa shape index (κ3) is 2.94. The monoisotopic (exact) mass is 265 g/mol. The molecule has 19 heavy (non-hydrogen) atoms. The summed E-state index contributed by atoms with van der Waals surface area (Å²) in [5.41, 5.74) is -0.733. The number of hydrogen-bond donors (Lipinski definition) is 1. The SMILES string of the molecule is CCOc1ccnc(N2CCCC(C)(C(=O)O)C2)n1. The van der Waals surface area contributed by atoms with Crippen molar-refractivity contribution in [3.05, 3.63) is 12.3 Å². The Labute approximate surface area is 112 Å². The first-order chi connectivity index (χ1) is 9.05. The first-order valence-corrected chi connectivity index (χ1v) is 6.49. The highest BCUT2D eigenvalue weighted by Gasteiger charge is 2.38. The highest BCUT2D eigenvalue weighted by molar-refractivity contribution is 5.75. The molecule has 0 spiro atoms. The van der Waals surface area contributed by atoms with E-state index in [1.807, 2.05) is 11.8 Å². The number of aromatic nitrogens is 2. The average Bonchev–Trinajstić information content (AvgIpc) is 2.39. The second-order valence-electron chi connectivity index (χ2n) is 5.02. The van der Waals surface area contributed by atoms with E-state index in [4.69, 9.17) is 4.74 Å². The van der Waals surface area contributed by atoms with Crippen LogP contribution in [0.3, 0.4) is 0 Å². The fraction of sp³-hybridized carbons (Fsp3) is 0.615. The number of carboxylic acids is 1. The summed E-state index contributed by atoms with van der Waals surface area (Å²) in [4.78, 5) is 21.8. The number of hydrogen-bond acceptors (Lipinski definition) is 5. The molecule has 0 aliphatic carbocycles. The van der Waals surface area contributed by atoms with Crippen LogP contribution < -0.4 is 9.64 Å². The fourth-order valence-corrected chi connectivity index (χ4v) is 2.30. The standard InChI is InChI=1S/C13H19N3O3/c1-3-19-10-5-7-14-12(15-10)16-8-4-6-13(2,9-16)11(17)18/h5,7H,3-4,6,8-9H2,1-2H3,(H,17,18). The third-order valence-corrected chi connectivity index (χ3v) is 3.41. The van der Waals surface area contributed by atoms with Crippen molar-refractivity contribution in [2.75, 3.05) is 24.6 Å². The van der Waals surface area contributed by atoms with Crippen molar-refractivity contribution in [2.24, 2.45) is 5.41 Å². The van der Waals surface area contributed by atoms with Gasteiger partial charge >= 0.3 is 5.97 Å². The number of ether oxygens (including phenoxy) is 1. The van der Waals surface area contributed by atoms with Crippen molar-refractivity contribution in [1.82, 2.24) is 9.97 Å². The normalized spacial score (nSPS) is 23.2. The van der Waals surface area contributed by atoms with Gasteiger partial charge in [-0.1, -0.05) is 0 Å². The van der Waals surface area contributed by atoms with Crippen molar-refractivity contribution in [3.8, 4) is 5.88 Å². The van der Waals surface area contributed by atoms with Crippen LogP contribution in [0.4, 0.5) is 5.95 Å². The zero-order valence-corrected chi connectivity index (χ0v) is 11.3.